The summed E-state index contributed by atoms with van der Waals surface area (Å²) in [7, 11) is 3.13. The Kier molecular flexibility index (Phi) is 4.73. The van der Waals surface area contributed by atoms with Gasteiger partial charge in [-0.05, 0) is 49.1 Å². The van der Waals surface area contributed by atoms with E-state index in [2.05, 4.69) is 0 Å². The van der Waals surface area contributed by atoms with Crippen molar-refractivity contribution in [2.24, 2.45) is 0 Å². The first-order chi connectivity index (χ1) is 8.43. The molecule has 0 radical (unpaired) electrons. The number of methoxy groups -OCH3 is 2. The number of hydrogen-bond acceptors (Lipinski definition) is 3. The van der Waals surface area contributed by atoms with E-state index in [1.165, 1.54) is 7.11 Å². The highest BCUT2D eigenvalue weighted by Gasteiger charge is 2.25. The zero-order valence-corrected chi connectivity index (χ0v) is 11.5. The summed E-state index contributed by atoms with van der Waals surface area (Å²) in [6, 6.07) is 1.88. The smallest absolute Gasteiger partial charge is 0.313 e. The lowest BCUT2D eigenvalue weighted by Crippen LogP contribution is -2.19. The van der Waals surface area contributed by atoms with Crippen LogP contribution in [0.25, 0.3) is 0 Å². The SMILES string of the molecule is COCC(C(=O)O)c1c(C)cc(OC)c(C)c1C. The van der Waals surface area contributed by atoms with Crippen LogP contribution >= 0.6 is 0 Å². The van der Waals surface area contributed by atoms with Crippen LogP contribution in [0.4, 0.5) is 0 Å². The zero-order chi connectivity index (χ0) is 13.9. The van der Waals surface area contributed by atoms with Crippen LogP contribution in [0, 0.1) is 20.8 Å². The van der Waals surface area contributed by atoms with Crippen molar-refractivity contribution in [1.29, 1.82) is 0 Å². The van der Waals surface area contributed by atoms with Crippen LogP contribution < -0.4 is 4.74 Å². The maximum atomic E-state index is 11.3. The molecule has 0 heterocycles. The van der Waals surface area contributed by atoms with Crippen LogP contribution in [0.3, 0.4) is 0 Å². The fourth-order valence-corrected chi connectivity index (χ4v) is 2.26. The van der Waals surface area contributed by atoms with Gasteiger partial charge in [0.25, 0.3) is 0 Å². The van der Waals surface area contributed by atoms with Crippen molar-refractivity contribution < 1.29 is 19.4 Å². The van der Waals surface area contributed by atoms with E-state index in [0.29, 0.717) is 0 Å². The molecular formula is C14H20O4. The van der Waals surface area contributed by atoms with E-state index in [0.717, 1.165) is 28.0 Å². The molecule has 1 atom stereocenters. The Morgan fingerprint density at radius 3 is 2.33 bits per heavy atom. The van der Waals surface area contributed by atoms with Gasteiger partial charge in [0.05, 0.1) is 13.7 Å². The highest BCUT2D eigenvalue weighted by Crippen LogP contribution is 2.32. The summed E-state index contributed by atoms with van der Waals surface area (Å²) in [5.74, 6) is -0.720. The monoisotopic (exact) mass is 252 g/mol. The number of carboxylic acids is 1. The van der Waals surface area contributed by atoms with E-state index in [1.807, 2.05) is 26.8 Å². The minimum Gasteiger partial charge on any atom is -0.496 e. The third-order valence-corrected chi connectivity index (χ3v) is 3.31. The van der Waals surface area contributed by atoms with Crippen molar-refractivity contribution in [2.45, 2.75) is 26.7 Å². The van der Waals surface area contributed by atoms with E-state index in [9.17, 15) is 9.90 Å². The topological polar surface area (TPSA) is 55.8 Å². The second-order valence-electron chi connectivity index (χ2n) is 4.41. The number of ether oxygens (including phenoxy) is 2. The van der Waals surface area contributed by atoms with Crippen LogP contribution in [0.1, 0.15) is 28.2 Å². The van der Waals surface area contributed by atoms with Crippen molar-refractivity contribution in [2.75, 3.05) is 20.8 Å². The van der Waals surface area contributed by atoms with Gasteiger partial charge in [-0.25, -0.2) is 0 Å². The van der Waals surface area contributed by atoms with Gasteiger partial charge in [-0.2, -0.15) is 0 Å². The molecule has 0 aromatic heterocycles. The number of rotatable bonds is 5. The summed E-state index contributed by atoms with van der Waals surface area (Å²) in [5, 5.41) is 9.31. The van der Waals surface area contributed by atoms with Crippen molar-refractivity contribution in [3.05, 3.63) is 28.3 Å². The van der Waals surface area contributed by atoms with Gasteiger partial charge in [0.1, 0.15) is 11.7 Å². The molecule has 0 aliphatic rings. The van der Waals surface area contributed by atoms with Crippen molar-refractivity contribution in [3.8, 4) is 5.75 Å². The number of benzene rings is 1. The first-order valence-electron chi connectivity index (χ1n) is 5.80. The predicted octanol–water partition coefficient (Wildman–Crippen LogP) is 2.44. The first kappa shape index (κ1) is 14.5. The van der Waals surface area contributed by atoms with E-state index in [4.69, 9.17) is 9.47 Å². The fourth-order valence-electron chi connectivity index (χ4n) is 2.26. The van der Waals surface area contributed by atoms with Crippen LogP contribution in [-0.2, 0) is 9.53 Å². The average molecular weight is 252 g/mol. The molecule has 0 spiro atoms. The average Bonchev–Trinajstić information content (AvgIpc) is 2.32. The molecule has 0 saturated carbocycles. The second kappa shape index (κ2) is 5.87. The standard InChI is InChI=1S/C14H20O4/c1-8-6-12(18-5)9(2)10(3)13(8)11(7-17-4)14(15)16/h6,11H,7H2,1-5H3,(H,15,16). The van der Waals surface area contributed by atoms with E-state index in [1.54, 1.807) is 7.11 Å². The molecule has 1 rings (SSSR count). The highest BCUT2D eigenvalue weighted by molar-refractivity contribution is 5.78. The molecule has 0 aliphatic heterocycles. The molecule has 4 heteroatoms. The molecule has 0 bridgehead atoms. The van der Waals surface area contributed by atoms with E-state index >= 15 is 0 Å². The molecule has 100 valence electrons. The van der Waals surface area contributed by atoms with Gasteiger partial charge < -0.3 is 14.6 Å². The zero-order valence-electron chi connectivity index (χ0n) is 11.5. The lowest BCUT2D eigenvalue weighted by atomic mass is 9.88. The third-order valence-electron chi connectivity index (χ3n) is 3.31. The lowest BCUT2D eigenvalue weighted by molar-refractivity contribution is -0.140. The summed E-state index contributed by atoms with van der Waals surface area (Å²) in [4.78, 5) is 11.3. The minimum absolute atomic E-state index is 0.169. The Morgan fingerprint density at radius 2 is 1.89 bits per heavy atom. The van der Waals surface area contributed by atoms with Crippen LogP contribution in [0.5, 0.6) is 5.75 Å². The number of aliphatic carboxylic acids is 1. The van der Waals surface area contributed by atoms with E-state index < -0.39 is 11.9 Å². The first-order valence-corrected chi connectivity index (χ1v) is 5.80. The molecule has 1 N–H and O–H groups in total. The quantitative estimate of drug-likeness (QED) is 0.874. The number of hydrogen-bond donors (Lipinski definition) is 1. The van der Waals surface area contributed by atoms with E-state index in [-0.39, 0.29) is 6.61 Å². The van der Waals surface area contributed by atoms with Gasteiger partial charge in [-0.15, -0.1) is 0 Å². The van der Waals surface area contributed by atoms with Crippen molar-refractivity contribution in [3.63, 3.8) is 0 Å². The predicted molar refractivity (Wildman–Crippen MR) is 69.5 cm³/mol. The molecule has 0 amide bonds. The number of carbonyl (C=O) groups is 1. The maximum Gasteiger partial charge on any atom is 0.313 e. The number of aryl methyl sites for hydroxylation is 1. The van der Waals surface area contributed by atoms with Gasteiger partial charge in [-0.3, -0.25) is 4.79 Å². The lowest BCUT2D eigenvalue weighted by Gasteiger charge is -2.20. The summed E-state index contributed by atoms with van der Waals surface area (Å²) < 4.78 is 10.3. The Bertz CT molecular complexity index is 452. The molecule has 1 unspecified atom stereocenters. The van der Waals surface area contributed by atoms with Crippen LogP contribution in [0.2, 0.25) is 0 Å². The summed E-state index contributed by atoms with van der Waals surface area (Å²) in [6.07, 6.45) is 0. The second-order valence-corrected chi connectivity index (χ2v) is 4.41. The largest absolute Gasteiger partial charge is 0.496 e. The maximum absolute atomic E-state index is 11.3. The number of carboxylic acid groups (broad SMARTS) is 1. The molecule has 0 aliphatic carbocycles. The molecule has 0 fully saturated rings. The van der Waals surface area contributed by atoms with Gasteiger partial charge in [0, 0.05) is 7.11 Å². The molecular weight excluding hydrogens is 232 g/mol. The minimum atomic E-state index is -0.868. The fraction of sp³-hybridized carbons (Fsp3) is 0.500. The Labute approximate surface area is 108 Å². The highest BCUT2D eigenvalue weighted by atomic mass is 16.5. The molecule has 1 aromatic carbocycles. The van der Waals surface area contributed by atoms with Crippen molar-refractivity contribution in [1.82, 2.24) is 0 Å². The third kappa shape index (κ3) is 2.64. The van der Waals surface area contributed by atoms with Gasteiger partial charge in [0.2, 0.25) is 0 Å². The normalized spacial score (nSPS) is 12.3. The molecule has 1 aromatic rings. The van der Waals surface area contributed by atoms with Gasteiger partial charge in [0.15, 0.2) is 0 Å². The summed E-state index contributed by atoms with van der Waals surface area (Å²) >= 11 is 0. The Morgan fingerprint density at radius 1 is 1.28 bits per heavy atom. The molecule has 18 heavy (non-hydrogen) atoms. The summed E-state index contributed by atoms with van der Waals surface area (Å²) in [5.41, 5.74) is 3.67. The Hall–Kier alpha value is -1.55. The van der Waals surface area contributed by atoms with Crippen LogP contribution in [-0.4, -0.2) is 31.9 Å². The van der Waals surface area contributed by atoms with Crippen molar-refractivity contribution >= 4 is 5.97 Å². The van der Waals surface area contributed by atoms with Gasteiger partial charge >= 0.3 is 5.97 Å². The van der Waals surface area contributed by atoms with Gasteiger partial charge in [-0.1, -0.05) is 0 Å². The summed E-state index contributed by atoms with van der Waals surface area (Å²) in [6.45, 7) is 5.92. The molecule has 4 nitrogen and oxygen atoms in total. The van der Waals surface area contributed by atoms with Crippen LogP contribution in [0.15, 0.2) is 6.07 Å². The molecule has 0 saturated heterocycles. The Balaban J connectivity index is 3.39.